The van der Waals surface area contributed by atoms with Gasteiger partial charge in [0, 0.05) is 12.6 Å². The Kier molecular flexibility index (Phi) is 2.05. The van der Waals surface area contributed by atoms with Crippen molar-refractivity contribution in [2.45, 2.75) is 31.7 Å². The first kappa shape index (κ1) is 8.05. The number of hydrogen-bond donors (Lipinski definition) is 2. The first-order chi connectivity index (χ1) is 5.75. The van der Waals surface area contributed by atoms with Crippen LogP contribution in [-0.2, 0) is 0 Å². The van der Waals surface area contributed by atoms with Gasteiger partial charge in [0.05, 0.1) is 6.54 Å². The van der Waals surface area contributed by atoms with Gasteiger partial charge in [-0.05, 0) is 31.6 Å². The van der Waals surface area contributed by atoms with Gasteiger partial charge >= 0.3 is 0 Å². The zero-order chi connectivity index (χ0) is 8.55. The van der Waals surface area contributed by atoms with Crippen molar-refractivity contribution in [3.05, 3.63) is 0 Å². The second-order valence-electron chi connectivity index (χ2n) is 4.13. The zero-order valence-electron chi connectivity index (χ0n) is 7.42. The molecule has 2 aliphatic carbocycles. The van der Waals surface area contributed by atoms with E-state index in [0.717, 1.165) is 12.0 Å². The molecule has 3 N–H and O–H groups in total. The lowest BCUT2D eigenvalue weighted by atomic mass is 10.3. The fourth-order valence-corrected chi connectivity index (χ4v) is 1.63. The van der Waals surface area contributed by atoms with Gasteiger partial charge in [0.25, 0.3) is 0 Å². The molecule has 0 heterocycles. The first-order valence-electron chi connectivity index (χ1n) is 4.82. The Morgan fingerprint density at radius 2 is 2.00 bits per heavy atom. The summed E-state index contributed by atoms with van der Waals surface area (Å²) in [7, 11) is 0. The van der Waals surface area contributed by atoms with Crippen LogP contribution in [0.15, 0.2) is 0 Å². The molecule has 0 unspecified atom stereocenters. The number of nitrogens with two attached hydrogens (primary N) is 1. The van der Waals surface area contributed by atoms with Gasteiger partial charge in [0.15, 0.2) is 0 Å². The van der Waals surface area contributed by atoms with Gasteiger partial charge in [-0.15, -0.1) is 0 Å². The molecule has 2 saturated carbocycles. The molecule has 68 valence electrons. The molecule has 2 rings (SSSR count). The molecule has 0 bridgehead atoms. The van der Waals surface area contributed by atoms with Crippen molar-refractivity contribution in [2.24, 2.45) is 11.7 Å². The quantitative estimate of drug-likeness (QED) is 0.470. The van der Waals surface area contributed by atoms with E-state index in [2.05, 4.69) is 4.90 Å². The minimum Gasteiger partial charge on any atom is -0.387 e. The van der Waals surface area contributed by atoms with E-state index in [9.17, 15) is 0 Å². The average molecular weight is 167 g/mol. The van der Waals surface area contributed by atoms with Gasteiger partial charge in [-0.3, -0.25) is 10.3 Å². The maximum atomic E-state index is 7.25. The molecule has 2 aliphatic rings. The van der Waals surface area contributed by atoms with E-state index in [0.29, 0.717) is 12.4 Å². The highest BCUT2D eigenvalue weighted by Gasteiger charge is 2.33. The third kappa shape index (κ3) is 2.21. The maximum Gasteiger partial charge on any atom is 0.105 e. The molecule has 2 fully saturated rings. The largest absolute Gasteiger partial charge is 0.387 e. The molecule has 0 aliphatic heterocycles. The molecule has 0 aromatic rings. The molecule has 3 nitrogen and oxygen atoms in total. The molecule has 0 aromatic carbocycles. The van der Waals surface area contributed by atoms with Crippen molar-refractivity contribution < 1.29 is 0 Å². The second kappa shape index (κ2) is 3.05. The van der Waals surface area contributed by atoms with E-state index in [1.54, 1.807) is 0 Å². The summed E-state index contributed by atoms with van der Waals surface area (Å²) < 4.78 is 0. The normalized spacial score (nSPS) is 23.1. The number of nitrogens with zero attached hydrogens (tertiary/aromatic N) is 1. The first-order valence-corrected chi connectivity index (χ1v) is 4.82. The van der Waals surface area contributed by atoms with Crippen LogP contribution in [0.25, 0.3) is 0 Å². The summed E-state index contributed by atoms with van der Waals surface area (Å²) in [6, 6.07) is 0.759. The minimum atomic E-state index is 0.322. The molecule has 12 heavy (non-hydrogen) atoms. The van der Waals surface area contributed by atoms with E-state index < -0.39 is 0 Å². The maximum absolute atomic E-state index is 7.25. The molecule has 0 atom stereocenters. The Morgan fingerprint density at radius 3 is 2.42 bits per heavy atom. The van der Waals surface area contributed by atoms with Gasteiger partial charge in [-0.2, -0.15) is 0 Å². The van der Waals surface area contributed by atoms with Gasteiger partial charge in [0.2, 0.25) is 0 Å². The van der Waals surface area contributed by atoms with Crippen molar-refractivity contribution in [2.75, 3.05) is 13.1 Å². The summed E-state index contributed by atoms with van der Waals surface area (Å²) in [6.07, 6.45) is 5.42. The lowest BCUT2D eigenvalue weighted by Crippen LogP contribution is -2.36. The SMILES string of the molecule is N=C(N)CN(CC1CC1)C1CC1. The predicted molar refractivity (Wildman–Crippen MR) is 49.2 cm³/mol. The average Bonchev–Trinajstić information content (AvgIpc) is 2.82. The number of hydrogen-bond acceptors (Lipinski definition) is 2. The fourth-order valence-electron chi connectivity index (χ4n) is 1.63. The Morgan fingerprint density at radius 1 is 1.33 bits per heavy atom. The van der Waals surface area contributed by atoms with E-state index in [-0.39, 0.29) is 0 Å². The van der Waals surface area contributed by atoms with Crippen LogP contribution >= 0.6 is 0 Å². The summed E-state index contributed by atoms with van der Waals surface area (Å²) in [5.74, 6) is 1.24. The van der Waals surface area contributed by atoms with Crippen LogP contribution in [0.3, 0.4) is 0 Å². The van der Waals surface area contributed by atoms with Crippen molar-refractivity contribution in [1.29, 1.82) is 5.41 Å². The lowest BCUT2D eigenvalue weighted by molar-refractivity contribution is 0.287. The lowest BCUT2D eigenvalue weighted by Gasteiger charge is -2.20. The van der Waals surface area contributed by atoms with Crippen molar-refractivity contribution in [3.8, 4) is 0 Å². The second-order valence-corrected chi connectivity index (χ2v) is 4.13. The molecular weight excluding hydrogens is 150 g/mol. The van der Waals surface area contributed by atoms with Gasteiger partial charge in [-0.25, -0.2) is 0 Å². The molecule has 3 heteroatoms. The summed E-state index contributed by atoms with van der Waals surface area (Å²) in [6.45, 7) is 1.88. The Hall–Kier alpha value is -0.570. The molecule has 0 amide bonds. The van der Waals surface area contributed by atoms with Crippen molar-refractivity contribution >= 4 is 5.84 Å². The highest BCUT2D eigenvalue weighted by Crippen LogP contribution is 2.34. The van der Waals surface area contributed by atoms with Gasteiger partial charge in [0.1, 0.15) is 5.84 Å². The van der Waals surface area contributed by atoms with Crippen molar-refractivity contribution in [1.82, 2.24) is 4.90 Å². The number of rotatable bonds is 5. The fraction of sp³-hybridized carbons (Fsp3) is 0.889. The summed E-state index contributed by atoms with van der Waals surface area (Å²) >= 11 is 0. The van der Waals surface area contributed by atoms with Crippen LogP contribution in [0.4, 0.5) is 0 Å². The summed E-state index contributed by atoms with van der Waals surface area (Å²) in [5, 5.41) is 7.25. The Balaban J connectivity index is 1.78. The molecular formula is C9H17N3. The van der Waals surface area contributed by atoms with Crippen LogP contribution in [-0.4, -0.2) is 29.9 Å². The molecule has 0 radical (unpaired) electrons. The van der Waals surface area contributed by atoms with Crippen molar-refractivity contribution in [3.63, 3.8) is 0 Å². The number of nitrogens with one attached hydrogen (secondary N) is 1. The predicted octanol–water partition coefficient (Wildman–Crippen LogP) is 0.797. The van der Waals surface area contributed by atoms with Crippen LogP contribution in [0.2, 0.25) is 0 Å². The monoisotopic (exact) mass is 167 g/mol. The highest BCUT2D eigenvalue weighted by atomic mass is 15.2. The topological polar surface area (TPSA) is 53.1 Å². The summed E-state index contributed by atoms with van der Waals surface area (Å²) in [5.41, 5.74) is 5.40. The minimum absolute atomic E-state index is 0.322. The molecule has 0 aromatic heterocycles. The third-order valence-corrected chi connectivity index (χ3v) is 2.63. The van der Waals surface area contributed by atoms with E-state index in [4.69, 9.17) is 11.1 Å². The van der Waals surface area contributed by atoms with Gasteiger partial charge < -0.3 is 5.73 Å². The van der Waals surface area contributed by atoms with Crippen LogP contribution in [0.5, 0.6) is 0 Å². The van der Waals surface area contributed by atoms with E-state index in [1.807, 2.05) is 0 Å². The highest BCUT2D eigenvalue weighted by molar-refractivity contribution is 5.79. The smallest absolute Gasteiger partial charge is 0.105 e. The third-order valence-electron chi connectivity index (χ3n) is 2.63. The Bertz CT molecular complexity index is 182. The van der Waals surface area contributed by atoms with E-state index in [1.165, 1.54) is 32.2 Å². The standard InChI is InChI=1S/C9H17N3/c10-9(11)6-12(8-3-4-8)5-7-1-2-7/h7-8H,1-6H2,(H3,10,11). The molecule has 0 spiro atoms. The van der Waals surface area contributed by atoms with Crippen LogP contribution in [0.1, 0.15) is 25.7 Å². The summed E-state index contributed by atoms with van der Waals surface area (Å²) in [4.78, 5) is 2.39. The van der Waals surface area contributed by atoms with Crippen LogP contribution < -0.4 is 5.73 Å². The van der Waals surface area contributed by atoms with Gasteiger partial charge in [-0.1, -0.05) is 0 Å². The van der Waals surface area contributed by atoms with Crippen LogP contribution in [0, 0.1) is 11.3 Å². The van der Waals surface area contributed by atoms with E-state index >= 15 is 0 Å². The number of amidine groups is 1. The Labute approximate surface area is 73.4 Å². The zero-order valence-corrected chi connectivity index (χ0v) is 7.42. The molecule has 0 saturated heterocycles.